The molecule has 0 radical (unpaired) electrons. The quantitative estimate of drug-likeness (QED) is 0.721. The number of hydrogen-bond acceptors (Lipinski definition) is 5. The molecule has 1 amide bonds. The Bertz CT molecular complexity index is 1000. The van der Waals surface area contributed by atoms with Crippen LogP contribution >= 0.6 is 0 Å². The van der Waals surface area contributed by atoms with Crippen molar-refractivity contribution in [2.45, 2.75) is 40.3 Å². The minimum absolute atomic E-state index is 0.112. The zero-order valence-corrected chi connectivity index (χ0v) is 15.6. The number of aromatic nitrogens is 5. The fraction of sp³-hybridized carbons (Fsp3) is 0.316. The molecule has 0 aliphatic carbocycles. The highest BCUT2D eigenvalue weighted by Crippen LogP contribution is 2.10. The highest BCUT2D eigenvalue weighted by atomic mass is 16.2. The van der Waals surface area contributed by atoms with Gasteiger partial charge in [-0.3, -0.25) is 24.2 Å². The number of amides is 1. The molecule has 0 spiro atoms. The monoisotopic (exact) mass is 366 g/mol. The average Bonchev–Trinajstić information content (AvgIpc) is 3.06. The summed E-state index contributed by atoms with van der Waals surface area (Å²) in [6.45, 7) is 6.66. The fourth-order valence-corrected chi connectivity index (χ4v) is 2.71. The van der Waals surface area contributed by atoms with Crippen LogP contribution in [0.15, 0.2) is 41.8 Å². The maximum absolute atomic E-state index is 12.8. The van der Waals surface area contributed by atoms with Crippen LogP contribution in [0.25, 0.3) is 0 Å². The van der Waals surface area contributed by atoms with E-state index in [1.807, 2.05) is 13.8 Å². The SMILES string of the molecule is CCCn1cc(NC(=O)c2c(C)ccn(Cc3cnc(C)cn3)c2=O)cn1. The molecule has 8 nitrogen and oxygen atoms in total. The Morgan fingerprint density at radius 1 is 1.19 bits per heavy atom. The fourth-order valence-electron chi connectivity index (χ4n) is 2.71. The third-order valence-electron chi connectivity index (χ3n) is 4.11. The molecule has 140 valence electrons. The van der Waals surface area contributed by atoms with Gasteiger partial charge in [0.1, 0.15) is 5.56 Å². The second-order valence-corrected chi connectivity index (χ2v) is 6.40. The van der Waals surface area contributed by atoms with Gasteiger partial charge in [-0.2, -0.15) is 5.10 Å². The molecule has 0 saturated carbocycles. The lowest BCUT2D eigenvalue weighted by Crippen LogP contribution is -2.30. The number of anilines is 1. The first kappa shape index (κ1) is 18.5. The van der Waals surface area contributed by atoms with Crippen LogP contribution in [0.2, 0.25) is 0 Å². The van der Waals surface area contributed by atoms with E-state index in [4.69, 9.17) is 0 Å². The van der Waals surface area contributed by atoms with Crippen LogP contribution in [0.1, 0.15) is 40.7 Å². The van der Waals surface area contributed by atoms with Crippen LogP contribution in [0, 0.1) is 13.8 Å². The number of nitrogens with zero attached hydrogens (tertiary/aromatic N) is 5. The summed E-state index contributed by atoms with van der Waals surface area (Å²) in [5, 5.41) is 6.94. The average molecular weight is 366 g/mol. The second kappa shape index (κ2) is 7.94. The first-order chi connectivity index (χ1) is 13.0. The van der Waals surface area contributed by atoms with Crippen molar-refractivity contribution in [3.05, 3.63) is 69.9 Å². The Hall–Kier alpha value is -3.29. The van der Waals surface area contributed by atoms with E-state index in [0.717, 1.165) is 18.7 Å². The van der Waals surface area contributed by atoms with Crippen LogP contribution in [-0.4, -0.2) is 30.2 Å². The molecule has 0 bridgehead atoms. The van der Waals surface area contributed by atoms with Crippen molar-refractivity contribution >= 4 is 11.6 Å². The summed E-state index contributed by atoms with van der Waals surface area (Å²) in [4.78, 5) is 34.0. The van der Waals surface area contributed by atoms with Gasteiger partial charge in [0.05, 0.1) is 36.0 Å². The first-order valence-electron chi connectivity index (χ1n) is 8.79. The van der Waals surface area contributed by atoms with Crippen molar-refractivity contribution in [3.8, 4) is 0 Å². The number of nitrogens with one attached hydrogen (secondary N) is 1. The lowest BCUT2D eigenvalue weighted by atomic mass is 10.1. The summed E-state index contributed by atoms with van der Waals surface area (Å²) in [6, 6.07) is 1.75. The molecular weight excluding hydrogens is 344 g/mol. The minimum Gasteiger partial charge on any atom is -0.319 e. The highest BCUT2D eigenvalue weighted by molar-refractivity contribution is 6.04. The molecule has 27 heavy (non-hydrogen) atoms. The Morgan fingerprint density at radius 3 is 2.70 bits per heavy atom. The summed E-state index contributed by atoms with van der Waals surface area (Å²) in [6.07, 6.45) is 9.21. The molecule has 0 aliphatic rings. The van der Waals surface area contributed by atoms with Gasteiger partial charge < -0.3 is 9.88 Å². The Morgan fingerprint density at radius 2 is 2.00 bits per heavy atom. The standard InChI is InChI=1S/C19H22N6O2/c1-4-6-25-12-16(10-22-25)23-18(26)17-13(2)5-7-24(19(17)27)11-15-9-20-14(3)8-21-15/h5,7-10,12H,4,6,11H2,1-3H3,(H,23,26). The van der Waals surface area contributed by atoms with Crippen LogP contribution < -0.4 is 10.9 Å². The molecule has 3 aromatic rings. The first-order valence-corrected chi connectivity index (χ1v) is 8.79. The van der Waals surface area contributed by atoms with Crippen LogP contribution in [0.3, 0.4) is 0 Å². The third kappa shape index (κ3) is 4.28. The Labute approximate surface area is 156 Å². The van der Waals surface area contributed by atoms with E-state index in [1.165, 1.54) is 4.57 Å². The van der Waals surface area contributed by atoms with Gasteiger partial charge in [-0.15, -0.1) is 0 Å². The van der Waals surface area contributed by atoms with E-state index < -0.39 is 5.91 Å². The molecule has 0 aliphatic heterocycles. The Balaban J connectivity index is 1.84. The molecule has 0 unspecified atom stereocenters. The van der Waals surface area contributed by atoms with Gasteiger partial charge in [-0.25, -0.2) is 0 Å². The third-order valence-corrected chi connectivity index (χ3v) is 4.11. The van der Waals surface area contributed by atoms with Crippen molar-refractivity contribution in [2.75, 3.05) is 5.32 Å². The topological polar surface area (TPSA) is 94.7 Å². The summed E-state index contributed by atoms with van der Waals surface area (Å²) in [5.41, 5.74) is 2.38. The van der Waals surface area contributed by atoms with E-state index in [2.05, 4.69) is 20.4 Å². The summed E-state index contributed by atoms with van der Waals surface area (Å²) >= 11 is 0. The second-order valence-electron chi connectivity index (χ2n) is 6.40. The zero-order chi connectivity index (χ0) is 19.4. The normalized spacial score (nSPS) is 10.8. The van der Waals surface area contributed by atoms with E-state index in [-0.39, 0.29) is 17.7 Å². The summed E-state index contributed by atoms with van der Waals surface area (Å²) in [5.74, 6) is -0.446. The van der Waals surface area contributed by atoms with Crippen LogP contribution in [-0.2, 0) is 13.1 Å². The van der Waals surface area contributed by atoms with Crippen molar-refractivity contribution in [1.82, 2.24) is 24.3 Å². The van der Waals surface area contributed by atoms with E-state index in [0.29, 0.717) is 16.9 Å². The molecule has 0 aromatic carbocycles. The van der Waals surface area contributed by atoms with Gasteiger partial charge in [0.25, 0.3) is 11.5 Å². The van der Waals surface area contributed by atoms with E-state index in [9.17, 15) is 9.59 Å². The van der Waals surface area contributed by atoms with Gasteiger partial charge in [0, 0.05) is 25.1 Å². The number of carbonyl (C=O) groups excluding carboxylic acids is 1. The van der Waals surface area contributed by atoms with Gasteiger partial charge in [0.2, 0.25) is 0 Å². The van der Waals surface area contributed by atoms with Gasteiger partial charge in [-0.1, -0.05) is 6.92 Å². The van der Waals surface area contributed by atoms with E-state index >= 15 is 0 Å². The minimum atomic E-state index is -0.446. The van der Waals surface area contributed by atoms with Crippen molar-refractivity contribution in [2.24, 2.45) is 0 Å². The smallest absolute Gasteiger partial charge is 0.264 e. The van der Waals surface area contributed by atoms with Gasteiger partial charge in [-0.05, 0) is 31.9 Å². The highest BCUT2D eigenvalue weighted by Gasteiger charge is 2.17. The molecule has 3 rings (SSSR count). The van der Waals surface area contributed by atoms with Gasteiger partial charge in [0.15, 0.2) is 0 Å². The molecule has 3 heterocycles. The molecule has 3 aromatic heterocycles. The van der Waals surface area contributed by atoms with E-state index in [1.54, 1.807) is 48.7 Å². The molecule has 1 N–H and O–H groups in total. The number of aryl methyl sites for hydroxylation is 3. The van der Waals surface area contributed by atoms with Crippen molar-refractivity contribution in [1.29, 1.82) is 0 Å². The zero-order valence-electron chi connectivity index (χ0n) is 15.6. The van der Waals surface area contributed by atoms with Crippen molar-refractivity contribution in [3.63, 3.8) is 0 Å². The largest absolute Gasteiger partial charge is 0.319 e. The number of rotatable bonds is 6. The maximum atomic E-state index is 12.8. The van der Waals surface area contributed by atoms with Gasteiger partial charge >= 0.3 is 0 Å². The number of hydrogen-bond donors (Lipinski definition) is 1. The molecule has 0 saturated heterocycles. The number of pyridine rings is 1. The summed E-state index contributed by atoms with van der Waals surface area (Å²) < 4.78 is 3.21. The molecule has 0 atom stereocenters. The Kier molecular flexibility index (Phi) is 5.44. The van der Waals surface area contributed by atoms with Crippen molar-refractivity contribution < 1.29 is 4.79 Å². The molecule has 0 fully saturated rings. The predicted molar refractivity (Wildman–Crippen MR) is 102 cm³/mol. The maximum Gasteiger partial charge on any atom is 0.264 e. The summed E-state index contributed by atoms with van der Waals surface area (Å²) in [7, 11) is 0. The lowest BCUT2D eigenvalue weighted by molar-refractivity contribution is 0.102. The molecule has 8 heteroatoms. The van der Waals surface area contributed by atoms with Crippen LogP contribution in [0.4, 0.5) is 5.69 Å². The molecular formula is C19H22N6O2. The predicted octanol–water partition coefficient (Wildman–Crippen LogP) is 2.16. The number of carbonyl (C=O) groups is 1. The lowest BCUT2D eigenvalue weighted by Gasteiger charge is -2.10. The van der Waals surface area contributed by atoms with Crippen LogP contribution in [0.5, 0.6) is 0 Å².